The minimum atomic E-state index is -0.929. The molecule has 3 N–H and O–H groups in total. The van der Waals surface area contributed by atoms with E-state index in [2.05, 4.69) is 19.6 Å². The molecule has 0 aliphatic heterocycles. The zero-order valence-electron chi connectivity index (χ0n) is 12.0. The topological polar surface area (TPSA) is 60.7 Å². The quantitative estimate of drug-likeness (QED) is 0.555. The fraction of sp³-hybridized carbons (Fsp3) is 0.800. The van der Waals surface area contributed by atoms with Gasteiger partial charge in [-0.05, 0) is 36.8 Å². The molecule has 0 aromatic rings. The van der Waals surface area contributed by atoms with Gasteiger partial charge in [0.2, 0.25) is 0 Å². The third-order valence-electron chi connectivity index (χ3n) is 3.49. The number of hydrogen-bond donors (Lipinski definition) is 3. The Bertz CT molecular complexity index is 276. The van der Waals surface area contributed by atoms with Crippen LogP contribution in [0, 0.1) is 5.41 Å². The molecule has 0 aromatic heterocycles. The van der Waals surface area contributed by atoms with Crippen LogP contribution in [0.15, 0.2) is 16.9 Å². The van der Waals surface area contributed by atoms with Crippen LogP contribution >= 0.6 is 0 Å². The number of aliphatic hydroxyl groups excluding tert-OH is 3. The van der Waals surface area contributed by atoms with Crippen LogP contribution in [0.4, 0.5) is 0 Å². The zero-order valence-corrected chi connectivity index (χ0v) is 12.0. The van der Waals surface area contributed by atoms with E-state index in [0.717, 1.165) is 31.3 Å². The molecular formula is C15H28O3. The first-order valence-electron chi connectivity index (χ1n) is 6.94. The van der Waals surface area contributed by atoms with E-state index < -0.39 is 5.41 Å². The van der Waals surface area contributed by atoms with E-state index >= 15 is 0 Å². The lowest BCUT2D eigenvalue weighted by molar-refractivity contribution is 0.0315. The van der Waals surface area contributed by atoms with Crippen LogP contribution in [0.1, 0.15) is 52.9 Å². The molecule has 0 saturated heterocycles. The molecule has 0 saturated carbocycles. The molecule has 0 amide bonds. The molecule has 0 fully saturated rings. The van der Waals surface area contributed by atoms with E-state index in [1.54, 1.807) is 0 Å². The van der Waals surface area contributed by atoms with Gasteiger partial charge < -0.3 is 15.3 Å². The van der Waals surface area contributed by atoms with Gasteiger partial charge in [0.25, 0.3) is 0 Å². The van der Waals surface area contributed by atoms with Gasteiger partial charge in [-0.15, -0.1) is 5.73 Å². The van der Waals surface area contributed by atoms with E-state index in [-0.39, 0.29) is 19.8 Å². The SMILES string of the molecule is CCCCC(=C=C(CC)C(CO)(CO)CO)CC. The summed E-state index contributed by atoms with van der Waals surface area (Å²) in [4.78, 5) is 0. The molecule has 0 radical (unpaired) electrons. The first-order valence-corrected chi connectivity index (χ1v) is 6.94. The molecule has 0 unspecified atom stereocenters. The lowest BCUT2D eigenvalue weighted by Crippen LogP contribution is -2.35. The Balaban J connectivity index is 5.40. The van der Waals surface area contributed by atoms with Gasteiger partial charge in [-0.3, -0.25) is 0 Å². The summed E-state index contributed by atoms with van der Waals surface area (Å²) in [6.45, 7) is 5.45. The van der Waals surface area contributed by atoms with E-state index in [9.17, 15) is 15.3 Å². The normalized spacial score (nSPS) is 11.2. The van der Waals surface area contributed by atoms with Crippen molar-refractivity contribution in [3.63, 3.8) is 0 Å². The van der Waals surface area contributed by atoms with Crippen LogP contribution in [0.2, 0.25) is 0 Å². The maximum atomic E-state index is 9.45. The van der Waals surface area contributed by atoms with Crippen molar-refractivity contribution in [3.05, 3.63) is 16.9 Å². The molecule has 0 rings (SSSR count). The summed E-state index contributed by atoms with van der Waals surface area (Å²) in [6, 6.07) is 0. The van der Waals surface area contributed by atoms with Crippen molar-refractivity contribution in [2.45, 2.75) is 52.9 Å². The minimum absolute atomic E-state index is 0.249. The number of aliphatic hydroxyl groups is 3. The number of unbranched alkanes of at least 4 members (excludes halogenated alkanes) is 1. The van der Waals surface area contributed by atoms with Gasteiger partial charge in [-0.2, -0.15) is 0 Å². The first kappa shape index (κ1) is 17.4. The second kappa shape index (κ2) is 9.35. The maximum absolute atomic E-state index is 9.45. The Morgan fingerprint density at radius 1 is 0.944 bits per heavy atom. The van der Waals surface area contributed by atoms with Crippen molar-refractivity contribution >= 4 is 0 Å². The van der Waals surface area contributed by atoms with Crippen molar-refractivity contribution in [1.29, 1.82) is 0 Å². The summed E-state index contributed by atoms with van der Waals surface area (Å²) in [5, 5.41) is 28.3. The Morgan fingerprint density at radius 3 is 1.83 bits per heavy atom. The summed E-state index contributed by atoms with van der Waals surface area (Å²) in [5.74, 6) is 0. The lowest BCUT2D eigenvalue weighted by Gasteiger charge is -2.28. The van der Waals surface area contributed by atoms with Crippen molar-refractivity contribution in [3.8, 4) is 0 Å². The van der Waals surface area contributed by atoms with Gasteiger partial charge >= 0.3 is 0 Å². The lowest BCUT2D eigenvalue weighted by atomic mass is 9.80. The molecule has 0 spiro atoms. The van der Waals surface area contributed by atoms with Gasteiger partial charge in [0.15, 0.2) is 0 Å². The van der Waals surface area contributed by atoms with Crippen molar-refractivity contribution in [1.82, 2.24) is 0 Å². The monoisotopic (exact) mass is 256 g/mol. The average Bonchev–Trinajstić information content (AvgIpc) is 2.43. The maximum Gasteiger partial charge on any atom is 0.0679 e. The Kier molecular flexibility index (Phi) is 9.03. The molecule has 0 aliphatic carbocycles. The third kappa shape index (κ3) is 4.58. The standard InChI is InChI=1S/C15H28O3/c1-4-7-8-13(5-2)9-14(6-3)15(10-16,11-17)12-18/h16-18H,4-8,10-12H2,1-3H3. The van der Waals surface area contributed by atoms with Gasteiger partial charge in [0.05, 0.1) is 25.2 Å². The number of rotatable bonds is 9. The summed E-state index contributed by atoms with van der Waals surface area (Å²) >= 11 is 0. The van der Waals surface area contributed by atoms with Gasteiger partial charge in [0.1, 0.15) is 0 Å². The summed E-state index contributed by atoms with van der Waals surface area (Å²) < 4.78 is 0. The molecule has 0 bridgehead atoms. The van der Waals surface area contributed by atoms with Crippen LogP contribution in [0.3, 0.4) is 0 Å². The summed E-state index contributed by atoms with van der Waals surface area (Å²) in [7, 11) is 0. The van der Waals surface area contributed by atoms with Crippen molar-refractivity contribution in [2.75, 3.05) is 19.8 Å². The van der Waals surface area contributed by atoms with Crippen LogP contribution in [-0.2, 0) is 0 Å². The van der Waals surface area contributed by atoms with Crippen molar-refractivity contribution < 1.29 is 15.3 Å². The molecule has 0 aliphatic rings. The third-order valence-corrected chi connectivity index (χ3v) is 3.49. The molecule has 0 atom stereocenters. The predicted molar refractivity (Wildman–Crippen MR) is 74.3 cm³/mol. The Hall–Kier alpha value is -0.600. The first-order chi connectivity index (χ1) is 8.63. The van der Waals surface area contributed by atoms with E-state index in [0.29, 0.717) is 6.42 Å². The molecule has 0 heterocycles. The molecule has 18 heavy (non-hydrogen) atoms. The highest BCUT2D eigenvalue weighted by Crippen LogP contribution is 2.28. The zero-order chi connectivity index (χ0) is 14.0. The van der Waals surface area contributed by atoms with E-state index in [4.69, 9.17) is 0 Å². The van der Waals surface area contributed by atoms with E-state index in [1.807, 2.05) is 6.92 Å². The van der Waals surface area contributed by atoms with Crippen LogP contribution in [0.5, 0.6) is 0 Å². The number of hydrogen-bond acceptors (Lipinski definition) is 3. The van der Waals surface area contributed by atoms with Crippen LogP contribution in [-0.4, -0.2) is 35.1 Å². The summed E-state index contributed by atoms with van der Waals surface area (Å²) in [6.07, 6.45) is 4.85. The highest BCUT2D eigenvalue weighted by Gasteiger charge is 2.31. The second-order valence-electron chi connectivity index (χ2n) is 4.77. The fourth-order valence-electron chi connectivity index (χ4n) is 1.96. The second-order valence-corrected chi connectivity index (χ2v) is 4.77. The average molecular weight is 256 g/mol. The largest absolute Gasteiger partial charge is 0.395 e. The van der Waals surface area contributed by atoms with Crippen LogP contribution < -0.4 is 0 Å². The summed E-state index contributed by atoms with van der Waals surface area (Å²) in [5.41, 5.74) is 4.43. The highest BCUT2D eigenvalue weighted by molar-refractivity contribution is 5.18. The minimum Gasteiger partial charge on any atom is -0.395 e. The molecule has 0 aromatic carbocycles. The van der Waals surface area contributed by atoms with E-state index in [1.165, 1.54) is 5.57 Å². The fourth-order valence-corrected chi connectivity index (χ4v) is 1.96. The van der Waals surface area contributed by atoms with Gasteiger partial charge in [-0.1, -0.05) is 27.2 Å². The molecule has 3 nitrogen and oxygen atoms in total. The Labute approximate surface area is 111 Å². The molecule has 106 valence electrons. The smallest absolute Gasteiger partial charge is 0.0679 e. The van der Waals surface area contributed by atoms with Crippen molar-refractivity contribution in [2.24, 2.45) is 5.41 Å². The van der Waals surface area contributed by atoms with Gasteiger partial charge in [0, 0.05) is 0 Å². The highest BCUT2D eigenvalue weighted by atomic mass is 16.3. The predicted octanol–water partition coefficient (Wildman–Crippen LogP) is 2.41. The van der Waals surface area contributed by atoms with Gasteiger partial charge in [-0.25, -0.2) is 0 Å². The van der Waals surface area contributed by atoms with Crippen LogP contribution in [0.25, 0.3) is 0 Å². The Morgan fingerprint density at radius 2 is 1.50 bits per heavy atom. The molecule has 3 heteroatoms. The molecular weight excluding hydrogens is 228 g/mol.